The molecule has 0 spiro atoms. The number of thiol groups is 1. The fourth-order valence-electron chi connectivity index (χ4n) is 4.37. The van der Waals surface area contributed by atoms with Gasteiger partial charge in [-0.3, -0.25) is 0 Å². The first kappa shape index (κ1) is 19.0. The second-order valence-corrected chi connectivity index (χ2v) is 11.9. The van der Waals surface area contributed by atoms with Crippen LogP contribution in [-0.4, -0.2) is 0 Å². The summed E-state index contributed by atoms with van der Waals surface area (Å²) in [4.78, 5) is 1.00. The third-order valence-electron chi connectivity index (χ3n) is 5.73. The van der Waals surface area contributed by atoms with Crippen LogP contribution in [0.3, 0.4) is 0 Å². The predicted octanol–water partition coefficient (Wildman–Crippen LogP) is 5.76. The summed E-state index contributed by atoms with van der Waals surface area (Å²) in [7, 11) is -2.31. The summed E-state index contributed by atoms with van der Waals surface area (Å²) in [5, 5.41) is 4.32. The number of hydrogen-bond donors (Lipinski definition) is 1. The second-order valence-electron chi connectivity index (χ2n) is 7.22. The van der Waals surface area contributed by atoms with Crippen LogP contribution in [0.4, 0.5) is 0 Å². The van der Waals surface area contributed by atoms with E-state index in [-0.39, 0.29) is 0 Å². The van der Waals surface area contributed by atoms with Crippen molar-refractivity contribution in [3.8, 4) is 0 Å². The van der Waals surface area contributed by atoms with E-state index in [4.69, 9.17) is 0 Å². The molecule has 0 N–H and O–H groups in total. The Balaban J connectivity index is 2.05. The summed E-state index contributed by atoms with van der Waals surface area (Å²) in [6.07, 6.45) is 0. The molecule has 0 aromatic heterocycles. The standard InChI is InChI=1S/C26H25PS/c1-21(22-17-19-26(28)20-18-22)27(23-11-5-2-6-12-23,24-13-7-3-8-14-24)25-15-9-4-10-16-25/h2-21,27-28H,1H3. The van der Waals surface area contributed by atoms with Gasteiger partial charge in [0.05, 0.1) is 0 Å². The molecular formula is C26H25PS. The summed E-state index contributed by atoms with van der Waals surface area (Å²) >= 11 is 4.49. The first-order valence-electron chi connectivity index (χ1n) is 9.68. The van der Waals surface area contributed by atoms with Crippen molar-refractivity contribution in [3.05, 3.63) is 121 Å². The molecule has 0 amide bonds. The van der Waals surface area contributed by atoms with Crippen molar-refractivity contribution in [2.24, 2.45) is 0 Å². The molecule has 0 heterocycles. The summed E-state index contributed by atoms with van der Waals surface area (Å²) in [5.41, 5.74) is 1.73. The number of hydrogen-bond acceptors (Lipinski definition) is 1. The van der Waals surface area contributed by atoms with Gasteiger partial charge in [-0.25, -0.2) is 0 Å². The van der Waals surface area contributed by atoms with Gasteiger partial charge in [0, 0.05) is 0 Å². The molecule has 0 fully saturated rings. The van der Waals surface area contributed by atoms with Crippen molar-refractivity contribution in [1.29, 1.82) is 0 Å². The minimum absolute atomic E-state index is 0.369. The molecule has 2 heteroatoms. The van der Waals surface area contributed by atoms with Gasteiger partial charge in [-0.05, 0) is 0 Å². The summed E-state index contributed by atoms with van der Waals surface area (Å²) in [5.74, 6) is 0. The Labute approximate surface area is 174 Å². The Bertz CT molecular complexity index is 916. The fourth-order valence-corrected chi connectivity index (χ4v) is 9.86. The van der Waals surface area contributed by atoms with Crippen LogP contribution in [0.1, 0.15) is 18.1 Å². The Morgan fingerprint density at radius 3 is 1.25 bits per heavy atom. The maximum atomic E-state index is 4.49. The third-order valence-corrected chi connectivity index (χ3v) is 11.4. The molecule has 1 atom stereocenters. The van der Waals surface area contributed by atoms with Gasteiger partial charge in [0.25, 0.3) is 0 Å². The van der Waals surface area contributed by atoms with Gasteiger partial charge in [-0.15, -0.1) is 0 Å². The van der Waals surface area contributed by atoms with E-state index in [9.17, 15) is 0 Å². The zero-order valence-corrected chi connectivity index (χ0v) is 17.9. The SMILES string of the molecule is CC(c1ccc(S)cc1)[PH](c1ccccc1)(c1ccccc1)c1ccccc1. The molecule has 4 aromatic rings. The normalized spacial score (nSPS) is 13.1. The second kappa shape index (κ2) is 8.35. The molecule has 0 nitrogen and oxygen atoms in total. The van der Waals surface area contributed by atoms with Gasteiger partial charge in [-0.2, -0.15) is 0 Å². The van der Waals surface area contributed by atoms with Crippen molar-refractivity contribution in [2.45, 2.75) is 17.5 Å². The molecular weight excluding hydrogens is 375 g/mol. The molecule has 0 radical (unpaired) electrons. The number of benzene rings is 4. The monoisotopic (exact) mass is 400 g/mol. The van der Waals surface area contributed by atoms with Gasteiger partial charge in [0.15, 0.2) is 0 Å². The van der Waals surface area contributed by atoms with Crippen LogP contribution in [-0.2, 0) is 0 Å². The molecule has 0 saturated heterocycles. The zero-order valence-electron chi connectivity index (χ0n) is 16.0. The van der Waals surface area contributed by atoms with Crippen molar-refractivity contribution in [1.82, 2.24) is 0 Å². The van der Waals surface area contributed by atoms with Crippen LogP contribution >= 0.6 is 19.9 Å². The Hall–Kier alpha value is -2.34. The van der Waals surface area contributed by atoms with Crippen LogP contribution in [0, 0.1) is 0 Å². The molecule has 0 aliphatic heterocycles. The average Bonchev–Trinajstić information content (AvgIpc) is 2.77. The summed E-state index contributed by atoms with van der Waals surface area (Å²) in [6, 6.07) is 42.0. The minimum atomic E-state index is -2.31. The van der Waals surface area contributed by atoms with Crippen molar-refractivity contribution < 1.29 is 0 Å². The van der Waals surface area contributed by atoms with E-state index in [1.807, 2.05) is 0 Å². The molecule has 0 saturated carbocycles. The van der Waals surface area contributed by atoms with Gasteiger partial charge < -0.3 is 0 Å². The third kappa shape index (κ3) is 3.41. The average molecular weight is 401 g/mol. The Kier molecular flexibility index (Phi) is 5.67. The Morgan fingerprint density at radius 2 is 0.893 bits per heavy atom. The molecule has 28 heavy (non-hydrogen) atoms. The first-order chi connectivity index (χ1) is 13.7. The zero-order chi connectivity index (χ0) is 19.4. The molecule has 4 aromatic carbocycles. The summed E-state index contributed by atoms with van der Waals surface area (Å²) in [6.45, 7) is 2.40. The quantitative estimate of drug-likeness (QED) is 0.319. The molecule has 4 rings (SSSR count). The van der Waals surface area contributed by atoms with Gasteiger partial charge in [-0.1, -0.05) is 0 Å². The van der Waals surface area contributed by atoms with Crippen molar-refractivity contribution in [2.75, 3.05) is 0 Å². The van der Waals surface area contributed by atoms with Gasteiger partial charge in [0.1, 0.15) is 0 Å². The predicted molar refractivity (Wildman–Crippen MR) is 129 cm³/mol. The van der Waals surface area contributed by atoms with Crippen LogP contribution in [0.2, 0.25) is 0 Å². The molecule has 0 aliphatic rings. The number of rotatable bonds is 5. The summed E-state index contributed by atoms with van der Waals surface area (Å²) < 4.78 is 0. The molecule has 0 aliphatic carbocycles. The maximum absolute atomic E-state index is 4.49. The molecule has 1 unspecified atom stereocenters. The van der Waals surface area contributed by atoms with E-state index in [1.54, 1.807) is 0 Å². The topological polar surface area (TPSA) is 0 Å². The van der Waals surface area contributed by atoms with Crippen molar-refractivity contribution >= 4 is 35.8 Å². The van der Waals surface area contributed by atoms with Crippen LogP contribution < -0.4 is 15.9 Å². The molecule has 0 bridgehead atoms. The van der Waals surface area contributed by atoms with Crippen LogP contribution in [0.5, 0.6) is 0 Å². The Morgan fingerprint density at radius 1 is 0.536 bits per heavy atom. The van der Waals surface area contributed by atoms with Crippen LogP contribution in [0.15, 0.2) is 120 Å². The van der Waals surface area contributed by atoms with E-state index < -0.39 is 7.26 Å². The van der Waals surface area contributed by atoms with E-state index in [0.717, 1.165) is 4.90 Å². The van der Waals surface area contributed by atoms with Crippen molar-refractivity contribution in [3.63, 3.8) is 0 Å². The first-order valence-corrected chi connectivity index (χ1v) is 12.2. The molecule has 140 valence electrons. The van der Waals surface area contributed by atoms with E-state index in [0.29, 0.717) is 5.66 Å². The van der Waals surface area contributed by atoms with E-state index in [1.165, 1.54) is 21.5 Å². The van der Waals surface area contributed by atoms with Gasteiger partial charge in [0.2, 0.25) is 0 Å². The van der Waals surface area contributed by atoms with E-state index >= 15 is 0 Å². The van der Waals surface area contributed by atoms with Gasteiger partial charge >= 0.3 is 174 Å². The van der Waals surface area contributed by atoms with Crippen LogP contribution in [0.25, 0.3) is 0 Å². The van der Waals surface area contributed by atoms with E-state index in [2.05, 4.69) is 135 Å². The fraction of sp³-hybridized carbons (Fsp3) is 0.0769.